The maximum absolute atomic E-state index is 12.5. The first kappa shape index (κ1) is 16.0. The number of aromatic amines is 1. The van der Waals surface area contributed by atoms with Gasteiger partial charge >= 0.3 is 0 Å². The molecule has 0 fully saturated rings. The molecule has 0 radical (unpaired) electrons. The minimum Gasteiger partial charge on any atom is -0.354 e. The molecule has 2 rings (SSSR count). The molecular formula is C18H22N2O2. The second kappa shape index (κ2) is 6.18. The third kappa shape index (κ3) is 2.96. The molecule has 22 heavy (non-hydrogen) atoms. The molecule has 0 spiro atoms. The molecular weight excluding hydrogens is 276 g/mol. The normalized spacial score (nSPS) is 12.0. The van der Waals surface area contributed by atoms with E-state index in [0.29, 0.717) is 16.8 Å². The van der Waals surface area contributed by atoms with Crippen molar-refractivity contribution in [3.8, 4) is 0 Å². The number of Topliss-reactive ketones (excluding diaryl/α,β-unsaturated/α-hetero) is 1. The number of hydrogen-bond donors (Lipinski definition) is 2. The summed E-state index contributed by atoms with van der Waals surface area (Å²) >= 11 is 0. The van der Waals surface area contributed by atoms with Gasteiger partial charge in [0.15, 0.2) is 5.78 Å². The summed E-state index contributed by atoms with van der Waals surface area (Å²) in [6, 6.07) is 7.87. The standard InChI is InChI=1S/C18H22N2O2/c1-10-8-6-7-9-15(10)12(3)20-18(22)17-11(2)16(14(5)21)13(4)19-17/h6-9,12,19H,1-5H3,(H,20,22). The van der Waals surface area contributed by atoms with Crippen molar-refractivity contribution in [2.45, 2.75) is 40.7 Å². The first-order chi connectivity index (χ1) is 10.3. The molecule has 1 atom stereocenters. The number of amides is 1. The first-order valence-electron chi connectivity index (χ1n) is 7.39. The third-order valence-electron chi connectivity index (χ3n) is 4.02. The topological polar surface area (TPSA) is 62.0 Å². The van der Waals surface area contributed by atoms with Gasteiger partial charge in [-0.25, -0.2) is 0 Å². The van der Waals surface area contributed by atoms with Gasteiger partial charge < -0.3 is 10.3 Å². The molecule has 4 nitrogen and oxygen atoms in total. The van der Waals surface area contributed by atoms with Crippen LogP contribution in [0.2, 0.25) is 0 Å². The number of aromatic nitrogens is 1. The number of aryl methyl sites for hydroxylation is 2. The van der Waals surface area contributed by atoms with Gasteiger partial charge in [-0.05, 0) is 51.3 Å². The Bertz CT molecular complexity index is 729. The van der Waals surface area contributed by atoms with Crippen LogP contribution in [0.15, 0.2) is 24.3 Å². The van der Waals surface area contributed by atoms with E-state index in [4.69, 9.17) is 0 Å². The Balaban J connectivity index is 2.25. The fourth-order valence-corrected chi connectivity index (χ4v) is 2.92. The predicted molar refractivity (Wildman–Crippen MR) is 87.3 cm³/mol. The van der Waals surface area contributed by atoms with Crippen LogP contribution < -0.4 is 5.32 Å². The zero-order valence-electron chi connectivity index (χ0n) is 13.7. The Morgan fingerprint density at radius 1 is 1.14 bits per heavy atom. The van der Waals surface area contributed by atoms with E-state index in [1.54, 1.807) is 6.92 Å². The van der Waals surface area contributed by atoms with Crippen molar-refractivity contribution in [2.24, 2.45) is 0 Å². The Kier molecular flexibility index (Phi) is 4.50. The maximum atomic E-state index is 12.5. The maximum Gasteiger partial charge on any atom is 0.268 e. The molecule has 0 aliphatic heterocycles. The molecule has 1 aromatic heterocycles. The second-order valence-electron chi connectivity index (χ2n) is 5.73. The van der Waals surface area contributed by atoms with E-state index in [2.05, 4.69) is 10.3 Å². The van der Waals surface area contributed by atoms with E-state index in [1.165, 1.54) is 6.92 Å². The zero-order chi connectivity index (χ0) is 16.4. The van der Waals surface area contributed by atoms with Crippen LogP contribution in [0, 0.1) is 20.8 Å². The van der Waals surface area contributed by atoms with Crippen LogP contribution in [-0.4, -0.2) is 16.7 Å². The number of nitrogens with one attached hydrogen (secondary N) is 2. The van der Waals surface area contributed by atoms with Crippen LogP contribution in [0.3, 0.4) is 0 Å². The summed E-state index contributed by atoms with van der Waals surface area (Å²) in [5.41, 5.74) is 4.73. The number of H-pyrrole nitrogens is 1. The summed E-state index contributed by atoms with van der Waals surface area (Å²) in [5.74, 6) is -0.221. The Morgan fingerprint density at radius 3 is 2.32 bits per heavy atom. The summed E-state index contributed by atoms with van der Waals surface area (Å²) in [6.45, 7) is 9.10. The van der Waals surface area contributed by atoms with Gasteiger partial charge in [0, 0.05) is 11.3 Å². The average molecular weight is 298 g/mol. The van der Waals surface area contributed by atoms with E-state index in [-0.39, 0.29) is 17.7 Å². The van der Waals surface area contributed by atoms with Gasteiger partial charge in [-0.3, -0.25) is 9.59 Å². The van der Waals surface area contributed by atoms with Gasteiger partial charge in [0.2, 0.25) is 0 Å². The molecule has 0 saturated heterocycles. The first-order valence-corrected chi connectivity index (χ1v) is 7.39. The number of carbonyl (C=O) groups is 2. The molecule has 0 bridgehead atoms. The number of rotatable bonds is 4. The van der Waals surface area contributed by atoms with Crippen molar-refractivity contribution in [2.75, 3.05) is 0 Å². The largest absolute Gasteiger partial charge is 0.354 e. The minimum absolute atomic E-state index is 0.0303. The van der Waals surface area contributed by atoms with E-state index in [9.17, 15) is 9.59 Å². The highest BCUT2D eigenvalue weighted by atomic mass is 16.2. The molecule has 1 amide bonds. The zero-order valence-corrected chi connectivity index (χ0v) is 13.7. The lowest BCUT2D eigenvalue weighted by atomic mass is 10.0. The van der Waals surface area contributed by atoms with Crippen molar-refractivity contribution in [3.05, 3.63) is 57.9 Å². The fourth-order valence-electron chi connectivity index (χ4n) is 2.92. The quantitative estimate of drug-likeness (QED) is 0.847. The minimum atomic E-state index is -0.191. The van der Waals surface area contributed by atoms with E-state index >= 15 is 0 Å². The molecule has 0 aliphatic carbocycles. The summed E-state index contributed by atoms with van der Waals surface area (Å²) in [5, 5.41) is 2.99. The Morgan fingerprint density at radius 2 is 1.77 bits per heavy atom. The number of benzene rings is 1. The third-order valence-corrected chi connectivity index (χ3v) is 4.02. The van der Waals surface area contributed by atoms with E-state index in [0.717, 1.165) is 16.8 Å². The van der Waals surface area contributed by atoms with Gasteiger partial charge in [0.05, 0.1) is 6.04 Å². The van der Waals surface area contributed by atoms with Gasteiger partial charge in [-0.15, -0.1) is 0 Å². The lowest BCUT2D eigenvalue weighted by Crippen LogP contribution is -2.28. The highest BCUT2D eigenvalue weighted by Gasteiger charge is 2.21. The van der Waals surface area contributed by atoms with Gasteiger partial charge in [0.25, 0.3) is 5.91 Å². The molecule has 116 valence electrons. The fraction of sp³-hybridized carbons (Fsp3) is 0.333. The van der Waals surface area contributed by atoms with Gasteiger partial charge in [0.1, 0.15) is 5.69 Å². The van der Waals surface area contributed by atoms with Crippen molar-refractivity contribution >= 4 is 11.7 Å². The highest BCUT2D eigenvalue weighted by Crippen LogP contribution is 2.21. The molecule has 1 unspecified atom stereocenters. The number of hydrogen-bond acceptors (Lipinski definition) is 2. The molecule has 0 aliphatic rings. The van der Waals surface area contributed by atoms with E-state index < -0.39 is 0 Å². The SMILES string of the molecule is CC(=O)c1c(C)[nH]c(C(=O)NC(C)c2ccccc2C)c1C. The van der Waals surface area contributed by atoms with Crippen molar-refractivity contribution in [1.29, 1.82) is 0 Å². The molecule has 2 N–H and O–H groups in total. The van der Waals surface area contributed by atoms with Crippen LogP contribution in [-0.2, 0) is 0 Å². The lowest BCUT2D eigenvalue weighted by Gasteiger charge is -2.16. The summed E-state index contributed by atoms with van der Waals surface area (Å²) in [7, 11) is 0. The smallest absolute Gasteiger partial charge is 0.268 e. The number of carbonyl (C=O) groups excluding carboxylic acids is 2. The van der Waals surface area contributed by atoms with Crippen molar-refractivity contribution < 1.29 is 9.59 Å². The van der Waals surface area contributed by atoms with E-state index in [1.807, 2.05) is 45.0 Å². The molecule has 1 heterocycles. The summed E-state index contributed by atoms with van der Waals surface area (Å²) in [6.07, 6.45) is 0. The van der Waals surface area contributed by atoms with Crippen LogP contribution in [0.5, 0.6) is 0 Å². The average Bonchev–Trinajstić information content (AvgIpc) is 2.74. The van der Waals surface area contributed by atoms with Crippen molar-refractivity contribution in [1.82, 2.24) is 10.3 Å². The van der Waals surface area contributed by atoms with Gasteiger partial charge in [-0.1, -0.05) is 24.3 Å². The summed E-state index contributed by atoms with van der Waals surface area (Å²) in [4.78, 5) is 27.2. The predicted octanol–water partition coefficient (Wildman–Crippen LogP) is 3.63. The summed E-state index contributed by atoms with van der Waals surface area (Å²) < 4.78 is 0. The Hall–Kier alpha value is -2.36. The van der Waals surface area contributed by atoms with Crippen LogP contribution in [0.25, 0.3) is 0 Å². The van der Waals surface area contributed by atoms with Crippen molar-refractivity contribution in [3.63, 3.8) is 0 Å². The molecule has 1 aromatic carbocycles. The molecule has 2 aromatic rings. The van der Waals surface area contributed by atoms with Gasteiger partial charge in [-0.2, -0.15) is 0 Å². The molecule has 0 saturated carbocycles. The monoisotopic (exact) mass is 298 g/mol. The van der Waals surface area contributed by atoms with Crippen LogP contribution >= 0.6 is 0 Å². The molecule has 4 heteroatoms. The highest BCUT2D eigenvalue weighted by molar-refractivity contribution is 6.02. The number of ketones is 1. The van der Waals surface area contributed by atoms with Crippen LogP contribution in [0.4, 0.5) is 0 Å². The lowest BCUT2D eigenvalue weighted by molar-refractivity contribution is 0.0934. The second-order valence-corrected chi connectivity index (χ2v) is 5.73. The Labute approximate surface area is 130 Å². The van der Waals surface area contributed by atoms with Crippen LogP contribution in [0.1, 0.15) is 63.1 Å².